The quantitative estimate of drug-likeness (QED) is 0.857. The average Bonchev–Trinajstić information content (AvgIpc) is 3.03. The number of nitrogens with zero attached hydrogens (tertiary/aromatic N) is 1. The minimum Gasteiger partial charge on any atom is -0.304 e. The average molecular weight is 321 g/mol. The second kappa shape index (κ2) is 6.59. The van der Waals surface area contributed by atoms with Crippen LogP contribution in [0.5, 0.6) is 0 Å². The lowest BCUT2D eigenvalue weighted by Gasteiger charge is -2.16. The maximum Gasteiger partial charge on any atom is 0.115 e. The van der Waals surface area contributed by atoms with Crippen LogP contribution in [-0.4, -0.2) is 11.5 Å². The maximum absolute atomic E-state index is 4.99. The van der Waals surface area contributed by atoms with Crippen LogP contribution in [0, 0.1) is 13.8 Å². The summed E-state index contributed by atoms with van der Waals surface area (Å²) >= 11 is 3.84. The van der Waals surface area contributed by atoms with Gasteiger partial charge in [0.2, 0.25) is 0 Å². The fourth-order valence-electron chi connectivity index (χ4n) is 3.05. The van der Waals surface area contributed by atoms with Crippen molar-refractivity contribution in [3.05, 3.63) is 37.0 Å². The van der Waals surface area contributed by atoms with Crippen molar-refractivity contribution in [3.8, 4) is 0 Å². The van der Waals surface area contributed by atoms with Crippen molar-refractivity contribution in [1.82, 2.24) is 10.3 Å². The Morgan fingerprint density at radius 3 is 2.71 bits per heavy atom. The van der Waals surface area contributed by atoms with Crippen molar-refractivity contribution in [2.45, 2.75) is 58.9 Å². The van der Waals surface area contributed by atoms with Gasteiger partial charge < -0.3 is 5.32 Å². The van der Waals surface area contributed by atoms with E-state index >= 15 is 0 Å². The molecule has 0 saturated heterocycles. The molecule has 1 aliphatic carbocycles. The smallest absolute Gasteiger partial charge is 0.115 e. The van der Waals surface area contributed by atoms with E-state index in [4.69, 9.17) is 4.98 Å². The molecule has 0 fully saturated rings. The van der Waals surface area contributed by atoms with Gasteiger partial charge in [-0.05, 0) is 64.1 Å². The Morgan fingerprint density at radius 2 is 2.05 bits per heavy atom. The van der Waals surface area contributed by atoms with Gasteiger partial charge >= 0.3 is 0 Å². The zero-order chi connectivity index (χ0) is 14.8. The SMILES string of the molecule is CCCNC(c1nc2c(s1)CCCC2)c1cc(C)sc1C. The second-order valence-electron chi connectivity index (χ2n) is 5.88. The lowest BCUT2D eigenvalue weighted by Crippen LogP contribution is -2.23. The highest BCUT2D eigenvalue weighted by Gasteiger charge is 2.24. The molecule has 21 heavy (non-hydrogen) atoms. The largest absolute Gasteiger partial charge is 0.304 e. The third kappa shape index (κ3) is 3.22. The van der Waals surface area contributed by atoms with Crippen LogP contribution in [-0.2, 0) is 12.8 Å². The molecule has 0 spiro atoms. The van der Waals surface area contributed by atoms with E-state index in [2.05, 4.69) is 32.2 Å². The van der Waals surface area contributed by atoms with E-state index in [1.54, 1.807) is 0 Å². The number of rotatable bonds is 5. The van der Waals surface area contributed by atoms with Gasteiger partial charge in [0.1, 0.15) is 5.01 Å². The number of thiophene rings is 1. The van der Waals surface area contributed by atoms with Crippen molar-refractivity contribution in [1.29, 1.82) is 0 Å². The van der Waals surface area contributed by atoms with Gasteiger partial charge in [-0.3, -0.25) is 0 Å². The Labute approximate surface area is 135 Å². The van der Waals surface area contributed by atoms with Crippen LogP contribution in [0.2, 0.25) is 0 Å². The summed E-state index contributed by atoms with van der Waals surface area (Å²) in [7, 11) is 0. The van der Waals surface area contributed by atoms with Crippen molar-refractivity contribution < 1.29 is 0 Å². The molecule has 1 N–H and O–H groups in total. The topological polar surface area (TPSA) is 24.9 Å². The molecule has 0 aliphatic heterocycles. The van der Waals surface area contributed by atoms with Crippen molar-refractivity contribution in [3.63, 3.8) is 0 Å². The number of hydrogen-bond acceptors (Lipinski definition) is 4. The molecular formula is C17H24N2S2. The molecule has 2 aromatic rings. The van der Waals surface area contributed by atoms with Crippen molar-refractivity contribution in [2.75, 3.05) is 6.54 Å². The summed E-state index contributed by atoms with van der Waals surface area (Å²) in [6.45, 7) is 7.71. The zero-order valence-corrected chi connectivity index (χ0v) is 14.8. The van der Waals surface area contributed by atoms with Crippen LogP contribution in [0.1, 0.15) is 63.1 Å². The first kappa shape index (κ1) is 15.2. The molecule has 2 heterocycles. The molecular weight excluding hydrogens is 296 g/mol. The van der Waals surface area contributed by atoms with Gasteiger partial charge in [0.25, 0.3) is 0 Å². The van der Waals surface area contributed by atoms with Gasteiger partial charge in [0.05, 0.1) is 11.7 Å². The third-order valence-corrected chi connectivity index (χ3v) is 6.30. The minimum atomic E-state index is 0.283. The fourth-order valence-corrected chi connectivity index (χ4v) is 5.26. The van der Waals surface area contributed by atoms with E-state index in [9.17, 15) is 0 Å². The highest BCUT2D eigenvalue weighted by Crippen LogP contribution is 2.35. The van der Waals surface area contributed by atoms with Crippen molar-refractivity contribution in [2.24, 2.45) is 0 Å². The first-order chi connectivity index (χ1) is 10.2. The van der Waals surface area contributed by atoms with E-state index in [0.717, 1.165) is 13.0 Å². The Bertz CT molecular complexity index is 589. The third-order valence-electron chi connectivity index (χ3n) is 4.10. The van der Waals surface area contributed by atoms with Crippen LogP contribution < -0.4 is 5.32 Å². The predicted molar refractivity (Wildman–Crippen MR) is 92.7 cm³/mol. The first-order valence-electron chi connectivity index (χ1n) is 7.97. The van der Waals surface area contributed by atoms with Crippen LogP contribution in [0.4, 0.5) is 0 Å². The number of nitrogens with one attached hydrogen (secondary N) is 1. The fraction of sp³-hybridized carbons (Fsp3) is 0.588. The summed E-state index contributed by atoms with van der Waals surface area (Å²) < 4.78 is 0. The minimum absolute atomic E-state index is 0.283. The molecule has 0 aromatic carbocycles. The number of aromatic nitrogens is 1. The van der Waals surface area contributed by atoms with E-state index < -0.39 is 0 Å². The highest BCUT2D eigenvalue weighted by molar-refractivity contribution is 7.12. The zero-order valence-electron chi connectivity index (χ0n) is 13.2. The van der Waals surface area contributed by atoms with Crippen molar-refractivity contribution >= 4 is 22.7 Å². The van der Waals surface area contributed by atoms with Gasteiger partial charge in [0, 0.05) is 14.6 Å². The molecule has 2 nitrogen and oxygen atoms in total. The molecule has 1 unspecified atom stereocenters. The van der Waals surface area contributed by atoms with Crippen LogP contribution in [0.25, 0.3) is 0 Å². The second-order valence-corrected chi connectivity index (χ2v) is 8.46. The Hall–Kier alpha value is -0.710. The molecule has 4 heteroatoms. The number of aryl methyl sites for hydroxylation is 4. The van der Waals surface area contributed by atoms with Crippen LogP contribution in [0.3, 0.4) is 0 Å². The lowest BCUT2D eigenvalue weighted by molar-refractivity contribution is 0.592. The van der Waals surface area contributed by atoms with Gasteiger partial charge in [0.15, 0.2) is 0 Å². The maximum atomic E-state index is 4.99. The number of thiazole rings is 1. The molecule has 2 aromatic heterocycles. The van der Waals surface area contributed by atoms with E-state index in [-0.39, 0.29) is 6.04 Å². The van der Waals surface area contributed by atoms with Crippen LogP contribution in [0.15, 0.2) is 6.07 Å². The summed E-state index contributed by atoms with van der Waals surface area (Å²) in [5, 5.41) is 4.99. The molecule has 0 bridgehead atoms. The Balaban J connectivity index is 1.95. The summed E-state index contributed by atoms with van der Waals surface area (Å²) in [6.07, 6.45) is 6.20. The predicted octanol–water partition coefficient (Wildman–Crippen LogP) is 4.79. The summed E-state index contributed by atoms with van der Waals surface area (Å²) in [5.74, 6) is 0. The molecule has 114 valence electrons. The monoisotopic (exact) mass is 320 g/mol. The van der Waals surface area contributed by atoms with E-state index in [0.29, 0.717) is 0 Å². The van der Waals surface area contributed by atoms with Crippen LogP contribution >= 0.6 is 22.7 Å². The standard InChI is InChI=1S/C17H24N2S2/c1-4-9-18-16(13-10-11(2)20-12(13)3)17-19-14-7-5-6-8-15(14)21-17/h10,16,18H,4-9H2,1-3H3. The van der Waals surface area contributed by atoms with Gasteiger partial charge in [-0.15, -0.1) is 22.7 Å². The summed E-state index contributed by atoms with van der Waals surface area (Å²) in [4.78, 5) is 9.34. The summed E-state index contributed by atoms with van der Waals surface area (Å²) in [6, 6.07) is 2.62. The molecule has 0 radical (unpaired) electrons. The molecule has 0 saturated carbocycles. The molecule has 0 amide bonds. The Morgan fingerprint density at radius 1 is 1.24 bits per heavy atom. The molecule has 1 aliphatic rings. The van der Waals surface area contributed by atoms with Gasteiger partial charge in [-0.1, -0.05) is 6.92 Å². The first-order valence-corrected chi connectivity index (χ1v) is 9.61. The molecule has 1 atom stereocenters. The normalized spacial score (nSPS) is 16.0. The van der Waals surface area contributed by atoms with E-state index in [1.165, 1.54) is 56.6 Å². The Kier molecular flexibility index (Phi) is 4.77. The molecule has 3 rings (SSSR count). The van der Waals surface area contributed by atoms with Gasteiger partial charge in [-0.25, -0.2) is 4.98 Å². The number of fused-ring (bicyclic) bond motifs is 1. The lowest BCUT2D eigenvalue weighted by atomic mass is 10.0. The highest BCUT2D eigenvalue weighted by atomic mass is 32.1. The summed E-state index contributed by atoms with van der Waals surface area (Å²) in [5.41, 5.74) is 2.80. The van der Waals surface area contributed by atoms with E-state index in [1.807, 2.05) is 22.7 Å². The van der Waals surface area contributed by atoms with Gasteiger partial charge in [-0.2, -0.15) is 0 Å². The number of hydrogen-bond donors (Lipinski definition) is 1.